The lowest BCUT2D eigenvalue weighted by molar-refractivity contribution is 0.122. The van der Waals surface area contributed by atoms with Crippen LogP contribution >= 0.6 is 0 Å². The van der Waals surface area contributed by atoms with Gasteiger partial charge in [0, 0.05) is 6.20 Å². The first-order valence-electron chi connectivity index (χ1n) is 3.81. The van der Waals surface area contributed by atoms with E-state index >= 15 is 0 Å². The molecule has 2 heteroatoms. The Balaban J connectivity index is 2.77. The summed E-state index contributed by atoms with van der Waals surface area (Å²) in [6, 6.07) is 5.56. The lowest BCUT2D eigenvalue weighted by Gasteiger charge is -2.12. The summed E-state index contributed by atoms with van der Waals surface area (Å²) >= 11 is 0. The number of aliphatic hydroxyl groups is 1. The first-order chi connectivity index (χ1) is 5.22. The van der Waals surface area contributed by atoms with E-state index in [2.05, 4.69) is 4.98 Å². The molecule has 0 fully saturated rings. The van der Waals surface area contributed by atoms with Crippen LogP contribution in [0.15, 0.2) is 24.4 Å². The van der Waals surface area contributed by atoms with Gasteiger partial charge >= 0.3 is 0 Å². The van der Waals surface area contributed by atoms with E-state index in [1.54, 1.807) is 6.20 Å². The van der Waals surface area contributed by atoms with Crippen molar-refractivity contribution in [2.45, 2.75) is 20.0 Å². The van der Waals surface area contributed by atoms with Gasteiger partial charge in [-0.05, 0) is 18.1 Å². The van der Waals surface area contributed by atoms with Crippen LogP contribution in [-0.2, 0) is 0 Å². The summed E-state index contributed by atoms with van der Waals surface area (Å²) in [5.41, 5.74) is 0.752. The van der Waals surface area contributed by atoms with Crippen LogP contribution < -0.4 is 0 Å². The molecule has 0 amide bonds. The summed E-state index contributed by atoms with van der Waals surface area (Å²) in [5, 5.41) is 9.54. The molecule has 1 N–H and O–H groups in total. The van der Waals surface area contributed by atoms with Crippen molar-refractivity contribution in [2.24, 2.45) is 5.92 Å². The summed E-state index contributed by atoms with van der Waals surface area (Å²) in [6.07, 6.45) is 1.26. The Morgan fingerprint density at radius 2 is 2.09 bits per heavy atom. The Morgan fingerprint density at radius 3 is 2.55 bits per heavy atom. The van der Waals surface area contributed by atoms with Gasteiger partial charge in [-0.2, -0.15) is 0 Å². The van der Waals surface area contributed by atoms with E-state index in [-0.39, 0.29) is 5.92 Å². The van der Waals surface area contributed by atoms with E-state index in [9.17, 15) is 5.11 Å². The normalized spacial score (nSPS) is 13.5. The molecule has 0 aliphatic carbocycles. The van der Waals surface area contributed by atoms with Gasteiger partial charge in [0.25, 0.3) is 0 Å². The molecule has 0 saturated heterocycles. The Kier molecular flexibility index (Phi) is 2.60. The second-order valence-electron chi connectivity index (χ2n) is 2.94. The second kappa shape index (κ2) is 3.49. The van der Waals surface area contributed by atoms with Gasteiger partial charge in [0.2, 0.25) is 0 Å². The second-order valence-corrected chi connectivity index (χ2v) is 2.94. The summed E-state index contributed by atoms with van der Waals surface area (Å²) in [6.45, 7) is 3.94. The van der Waals surface area contributed by atoms with Crippen molar-refractivity contribution in [3.8, 4) is 0 Å². The zero-order valence-electron chi connectivity index (χ0n) is 6.86. The van der Waals surface area contributed by atoms with Gasteiger partial charge in [0.15, 0.2) is 0 Å². The molecule has 11 heavy (non-hydrogen) atoms. The van der Waals surface area contributed by atoms with E-state index in [1.165, 1.54) is 0 Å². The average Bonchev–Trinajstić information content (AvgIpc) is 2.05. The van der Waals surface area contributed by atoms with E-state index in [0.717, 1.165) is 5.69 Å². The third-order valence-electron chi connectivity index (χ3n) is 1.62. The molecule has 1 aromatic heterocycles. The summed E-state index contributed by atoms with van der Waals surface area (Å²) < 4.78 is 0. The van der Waals surface area contributed by atoms with Gasteiger partial charge in [0.05, 0.1) is 11.8 Å². The van der Waals surface area contributed by atoms with Crippen molar-refractivity contribution in [3.05, 3.63) is 30.1 Å². The molecular weight excluding hydrogens is 138 g/mol. The van der Waals surface area contributed by atoms with Gasteiger partial charge in [0.1, 0.15) is 0 Å². The SMILES string of the molecule is CC(C)[C@@H](O)c1ccccn1. The molecule has 1 aromatic rings. The third-order valence-corrected chi connectivity index (χ3v) is 1.62. The van der Waals surface area contributed by atoms with Gasteiger partial charge in [-0.3, -0.25) is 4.98 Å². The summed E-state index contributed by atoms with van der Waals surface area (Å²) in [4.78, 5) is 4.05. The molecular formula is C9H13NO. The molecule has 0 unspecified atom stereocenters. The minimum absolute atomic E-state index is 0.227. The monoisotopic (exact) mass is 151 g/mol. The highest BCUT2D eigenvalue weighted by Gasteiger charge is 2.11. The lowest BCUT2D eigenvalue weighted by Crippen LogP contribution is -2.06. The molecule has 0 saturated carbocycles. The molecule has 0 aliphatic rings. The lowest BCUT2D eigenvalue weighted by atomic mass is 10.0. The number of aliphatic hydroxyl groups excluding tert-OH is 1. The van der Waals surface area contributed by atoms with Crippen molar-refractivity contribution in [1.29, 1.82) is 0 Å². The minimum atomic E-state index is -0.434. The number of hydrogen-bond donors (Lipinski definition) is 1. The van der Waals surface area contributed by atoms with Gasteiger partial charge < -0.3 is 5.11 Å². The summed E-state index contributed by atoms with van der Waals surface area (Å²) in [5.74, 6) is 0.227. The van der Waals surface area contributed by atoms with Crippen LogP contribution in [-0.4, -0.2) is 10.1 Å². The number of hydrogen-bond acceptors (Lipinski definition) is 2. The molecule has 1 atom stereocenters. The minimum Gasteiger partial charge on any atom is -0.387 e. The van der Waals surface area contributed by atoms with Gasteiger partial charge in [-0.25, -0.2) is 0 Å². The molecule has 1 rings (SSSR count). The van der Waals surface area contributed by atoms with Crippen molar-refractivity contribution < 1.29 is 5.11 Å². The maximum Gasteiger partial charge on any atom is 0.0982 e. The van der Waals surface area contributed by atoms with Gasteiger partial charge in [-0.1, -0.05) is 19.9 Å². The molecule has 0 aliphatic heterocycles. The smallest absolute Gasteiger partial charge is 0.0982 e. The van der Waals surface area contributed by atoms with Crippen LogP contribution in [0.2, 0.25) is 0 Å². The van der Waals surface area contributed by atoms with Crippen LogP contribution in [0.25, 0.3) is 0 Å². The zero-order chi connectivity index (χ0) is 8.27. The van der Waals surface area contributed by atoms with Crippen LogP contribution in [0.3, 0.4) is 0 Å². The third kappa shape index (κ3) is 2.02. The van der Waals surface area contributed by atoms with Crippen LogP contribution in [0.4, 0.5) is 0 Å². The zero-order valence-corrected chi connectivity index (χ0v) is 6.86. The van der Waals surface area contributed by atoms with Crippen molar-refractivity contribution >= 4 is 0 Å². The van der Waals surface area contributed by atoms with Crippen LogP contribution in [0.5, 0.6) is 0 Å². The molecule has 0 radical (unpaired) electrons. The molecule has 0 spiro atoms. The van der Waals surface area contributed by atoms with E-state index in [1.807, 2.05) is 32.0 Å². The van der Waals surface area contributed by atoms with Crippen molar-refractivity contribution in [3.63, 3.8) is 0 Å². The summed E-state index contributed by atoms with van der Waals surface area (Å²) in [7, 11) is 0. The number of aromatic nitrogens is 1. The average molecular weight is 151 g/mol. The highest BCUT2D eigenvalue weighted by molar-refractivity contribution is 5.06. The standard InChI is InChI=1S/C9H13NO/c1-7(2)9(11)8-5-3-4-6-10-8/h3-7,9,11H,1-2H3/t9-/m1/s1. The van der Waals surface area contributed by atoms with E-state index < -0.39 is 6.10 Å². The fourth-order valence-corrected chi connectivity index (χ4v) is 0.892. The van der Waals surface area contributed by atoms with Crippen LogP contribution in [0, 0.1) is 5.92 Å². The predicted octanol–water partition coefficient (Wildman–Crippen LogP) is 1.77. The van der Waals surface area contributed by atoms with Crippen LogP contribution in [0.1, 0.15) is 25.6 Å². The Hall–Kier alpha value is -0.890. The Labute approximate surface area is 66.9 Å². The van der Waals surface area contributed by atoms with Gasteiger partial charge in [-0.15, -0.1) is 0 Å². The maximum absolute atomic E-state index is 9.54. The first-order valence-corrected chi connectivity index (χ1v) is 3.81. The van der Waals surface area contributed by atoms with Crippen molar-refractivity contribution in [2.75, 3.05) is 0 Å². The van der Waals surface area contributed by atoms with E-state index in [4.69, 9.17) is 0 Å². The molecule has 0 aromatic carbocycles. The first kappa shape index (κ1) is 8.21. The predicted molar refractivity (Wildman–Crippen MR) is 44.0 cm³/mol. The number of nitrogens with zero attached hydrogens (tertiary/aromatic N) is 1. The maximum atomic E-state index is 9.54. The highest BCUT2D eigenvalue weighted by atomic mass is 16.3. The number of pyridine rings is 1. The largest absolute Gasteiger partial charge is 0.387 e. The van der Waals surface area contributed by atoms with Crippen molar-refractivity contribution in [1.82, 2.24) is 4.98 Å². The highest BCUT2D eigenvalue weighted by Crippen LogP contribution is 2.17. The molecule has 2 nitrogen and oxygen atoms in total. The fraction of sp³-hybridized carbons (Fsp3) is 0.444. The fourth-order valence-electron chi connectivity index (χ4n) is 0.892. The Bertz CT molecular complexity index is 208. The molecule has 1 heterocycles. The molecule has 60 valence electrons. The topological polar surface area (TPSA) is 33.1 Å². The number of rotatable bonds is 2. The quantitative estimate of drug-likeness (QED) is 0.698. The van der Waals surface area contributed by atoms with E-state index in [0.29, 0.717) is 0 Å². The Morgan fingerprint density at radius 1 is 1.36 bits per heavy atom. The molecule has 0 bridgehead atoms.